The molecule has 118 valence electrons. The number of aryl methyl sites for hydroxylation is 1. The minimum absolute atomic E-state index is 0.126. The molecule has 0 aliphatic heterocycles. The van der Waals surface area contributed by atoms with Gasteiger partial charge in [0.1, 0.15) is 4.90 Å². The number of H-pyrrole nitrogens is 1. The van der Waals surface area contributed by atoms with Gasteiger partial charge in [-0.2, -0.15) is 5.10 Å². The largest absolute Gasteiger partial charge is 0.476 e. The summed E-state index contributed by atoms with van der Waals surface area (Å²) in [6.07, 6.45) is 3.79. The Morgan fingerprint density at radius 2 is 2.00 bits per heavy atom. The van der Waals surface area contributed by atoms with Gasteiger partial charge in [0, 0.05) is 6.54 Å². The predicted octanol–water partition coefficient (Wildman–Crippen LogP) is 0.390. The average Bonchev–Trinajstić information content (AvgIpc) is 2.81. The van der Waals surface area contributed by atoms with Gasteiger partial charge in [0.2, 0.25) is 10.0 Å². The third kappa shape index (κ3) is 3.42. The zero-order valence-corrected chi connectivity index (χ0v) is 12.5. The van der Waals surface area contributed by atoms with Crippen molar-refractivity contribution in [3.63, 3.8) is 0 Å². The summed E-state index contributed by atoms with van der Waals surface area (Å²) >= 11 is 0. The minimum atomic E-state index is -4.05. The highest BCUT2D eigenvalue weighted by Crippen LogP contribution is 2.28. The van der Waals surface area contributed by atoms with Gasteiger partial charge < -0.3 is 10.2 Å². The van der Waals surface area contributed by atoms with E-state index in [0.29, 0.717) is 12.8 Å². The second-order valence-electron chi connectivity index (χ2n) is 5.44. The Balaban J connectivity index is 2.19. The Morgan fingerprint density at radius 3 is 2.57 bits per heavy atom. The standard InChI is InChI=1S/C12H19N3O5S/c1-8-10(9(11(16)17)15-14-8)21(19,20)13-7-12(18)5-3-2-4-6-12/h13,18H,2-7H2,1H3,(H,14,15)(H,16,17). The van der Waals surface area contributed by atoms with Crippen LogP contribution in [0, 0.1) is 6.92 Å². The number of nitrogens with zero attached hydrogens (tertiary/aromatic N) is 1. The molecule has 1 aromatic rings. The molecule has 0 aromatic carbocycles. The molecular formula is C12H19N3O5S. The number of hydrogen-bond acceptors (Lipinski definition) is 5. The molecule has 1 saturated carbocycles. The molecule has 2 rings (SSSR count). The van der Waals surface area contributed by atoms with Crippen LogP contribution in [-0.4, -0.2) is 46.9 Å². The van der Waals surface area contributed by atoms with Crippen molar-refractivity contribution in [2.75, 3.05) is 6.54 Å². The number of carboxylic acids is 1. The van der Waals surface area contributed by atoms with E-state index in [9.17, 15) is 18.3 Å². The summed E-state index contributed by atoms with van der Waals surface area (Å²) in [5.74, 6) is -1.42. The number of aliphatic hydroxyl groups is 1. The van der Waals surface area contributed by atoms with Crippen LogP contribution in [0.15, 0.2) is 4.90 Å². The van der Waals surface area contributed by atoms with E-state index in [1.807, 2.05) is 0 Å². The Hall–Kier alpha value is -1.45. The molecule has 0 atom stereocenters. The lowest BCUT2D eigenvalue weighted by Gasteiger charge is -2.32. The molecule has 21 heavy (non-hydrogen) atoms. The number of carboxylic acid groups (broad SMARTS) is 1. The summed E-state index contributed by atoms with van der Waals surface area (Å²) in [7, 11) is -4.05. The maximum atomic E-state index is 12.3. The zero-order valence-electron chi connectivity index (χ0n) is 11.7. The summed E-state index contributed by atoms with van der Waals surface area (Å²) < 4.78 is 26.9. The lowest BCUT2D eigenvalue weighted by atomic mass is 9.85. The lowest BCUT2D eigenvalue weighted by molar-refractivity contribution is 0.00945. The van der Waals surface area contributed by atoms with Gasteiger partial charge in [0.25, 0.3) is 0 Å². The molecule has 0 amide bonds. The zero-order chi connectivity index (χ0) is 15.7. The van der Waals surface area contributed by atoms with Gasteiger partial charge in [0.05, 0.1) is 11.3 Å². The van der Waals surface area contributed by atoms with Crippen LogP contribution in [0.5, 0.6) is 0 Å². The number of nitrogens with one attached hydrogen (secondary N) is 2. The molecule has 1 fully saturated rings. The van der Waals surface area contributed by atoms with Gasteiger partial charge in [-0.15, -0.1) is 0 Å². The van der Waals surface area contributed by atoms with E-state index in [2.05, 4.69) is 14.9 Å². The van der Waals surface area contributed by atoms with E-state index >= 15 is 0 Å². The predicted molar refractivity (Wildman–Crippen MR) is 73.5 cm³/mol. The second-order valence-corrected chi connectivity index (χ2v) is 7.14. The van der Waals surface area contributed by atoms with Crippen LogP contribution in [0.3, 0.4) is 0 Å². The SMILES string of the molecule is Cc1[nH]nc(C(=O)O)c1S(=O)(=O)NCC1(O)CCCCC1. The average molecular weight is 317 g/mol. The lowest BCUT2D eigenvalue weighted by Crippen LogP contribution is -2.44. The highest BCUT2D eigenvalue weighted by molar-refractivity contribution is 7.89. The molecule has 9 heteroatoms. The molecule has 1 aliphatic carbocycles. The summed E-state index contributed by atoms with van der Waals surface area (Å²) in [5.41, 5.74) is -1.46. The fourth-order valence-corrected chi connectivity index (χ4v) is 4.02. The topological polar surface area (TPSA) is 132 Å². The molecule has 1 aliphatic rings. The highest BCUT2D eigenvalue weighted by atomic mass is 32.2. The van der Waals surface area contributed by atoms with Crippen molar-refractivity contribution in [2.45, 2.75) is 49.5 Å². The fraction of sp³-hybridized carbons (Fsp3) is 0.667. The van der Waals surface area contributed by atoms with Crippen LogP contribution in [0.1, 0.15) is 48.3 Å². The van der Waals surface area contributed by atoms with Crippen LogP contribution in [-0.2, 0) is 10.0 Å². The van der Waals surface area contributed by atoms with Gasteiger partial charge in [-0.25, -0.2) is 17.9 Å². The Morgan fingerprint density at radius 1 is 1.38 bits per heavy atom. The molecular weight excluding hydrogens is 298 g/mol. The van der Waals surface area contributed by atoms with E-state index in [1.165, 1.54) is 6.92 Å². The number of rotatable bonds is 5. The smallest absolute Gasteiger partial charge is 0.357 e. The number of aromatic nitrogens is 2. The van der Waals surface area contributed by atoms with Crippen molar-refractivity contribution in [3.8, 4) is 0 Å². The number of hydrogen-bond donors (Lipinski definition) is 4. The van der Waals surface area contributed by atoms with Crippen LogP contribution in [0.25, 0.3) is 0 Å². The summed E-state index contributed by atoms with van der Waals surface area (Å²) in [4.78, 5) is 10.6. The fourth-order valence-electron chi connectivity index (χ4n) is 2.58. The van der Waals surface area contributed by atoms with Crippen molar-refractivity contribution in [1.29, 1.82) is 0 Å². The number of sulfonamides is 1. The summed E-state index contributed by atoms with van der Waals surface area (Å²) in [5, 5.41) is 25.1. The van der Waals surface area contributed by atoms with Gasteiger partial charge >= 0.3 is 5.97 Å². The van der Waals surface area contributed by atoms with Crippen molar-refractivity contribution in [3.05, 3.63) is 11.4 Å². The van der Waals surface area contributed by atoms with E-state index < -0.39 is 27.3 Å². The van der Waals surface area contributed by atoms with E-state index in [1.54, 1.807) is 0 Å². The molecule has 0 saturated heterocycles. The number of carbonyl (C=O) groups is 1. The highest BCUT2D eigenvalue weighted by Gasteiger charge is 2.33. The minimum Gasteiger partial charge on any atom is -0.476 e. The monoisotopic (exact) mass is 317 g/mol. The first-order chi connectivity index (χ1) is 9.75. The maximum absolute atomic E-state index is 12.3. The quantitative estimate of drug-likeness (QED) is 0.621. The van der Waals surface area contributed by atoms with Crippen molar-refractivity contribution >= 4 is 16.0 Å². The normalized spacial score (nSPS) is 18.6. The number of aromatic amines is 1. The third-order valence-electron chi connectivity index (χ3n) is 3.74. The number of aromatic carboxylic acids is 1. The van der Waals surface area contributed by atoms with Gasteiger partial charge in [-0.05, 0) is 19.8 Å². The van der Waals surface area contributed by atoms with Crippen LogP contribution >= 0.6 is 0 Å². The second kappa shape index (κ2) is 5.74. The Labute approximate surface area is 122 Å². The van der Waals surface area contributed by atoms with Crippen molar-refractivity contribution in [1.82, 2.24) is 14.9 Å². The van der Waals surface area contributed by atoms with Gasteiger partial charge in [-0.1, -0.05) is 19.3 Å². The van der Waals surface area contributed by atoms with Crippen LogP contribution in [0.2, 0.25) is 0 Å². The van der Waals surface area contributed by atoms with Gasteiger partial charge in [-0.3, -0.25) is 5.10 Å². The molecule has 4 N–H and O–H groups in total. The molecule has 0 spiro atoms. The molecule has 0 bridgehead atoms. The summed E-state index contributed by atoms with van der Waals surface area (Å²) in [6.45, 7) is 1.31. The molecule has 1 heterocycles. The van der Waals surface area contributed by atoms with E-state index in [-0.39, 0.29) is 17.1 Å². The van der Waals surface area contributed by atoms with E-state index in [4.69, 9.17) is 5.11 Å². The van der Waals surface area contributed by atoms with Gasteiger partial charge in [0.15, 0.2) is 5.69 Å². The molecule has 1 aromatic heterocycles. The molecule has 8 nitrogen and oxygen atoms in total. The first-order valence-corrected chi connectivity index (χ1v) is 8.24. The first kappa shape index (κ1) is 15.9. The van der Waals surface area contributed by atoms with Crippen molar-refractivity contribution in [2.24, 2.45) is 0 Å². The third-order valence-corrected chi connectivity index (χ3v) is 5.30. The molecule has 0 radical (unpaired) electrons. The van der Waals surface area contributed by atoms with E-state index in [0.717, 1.165) is 19.3 Å². The van der Waals surface area contributed by atoms with Crippen LogP contribution in [0.4, 0.5) is 0 Å². The first-order valence-electron chi connectivity index (χ1n) is 6.75. The summed E-state index contributed by atoms with van der Waals surface area (Å²) in [6, 6.07) is 0. The molecule has 0 unspecified atom stereocenters. The van der Waals surface area contributed by atoms with Crippen LogP contribution < -0.4 is 4.72 Å². The van der Waals surface area contributed by atoms with Crippen molar-refractivity contribution < 1.29 is 23.4 Å². The maximum Gasteiger partial charge on any atom is 0.357 e. The Kier molecular flexibility index (Phi) is 4.35. The Bertz CT molecular complexity index is 631.